The molecule has 1 unspecified atom stereocenters. The SMILES string of the molecule is CN[C@@H](Cc1ccccc1)C(=O)N[C@@H](CCCCN)C(=O)N1CCC[C@H]1C(=O)C(CCNC(=O)[C@@H](N)CC1CCCCC1)(N=C(N)N)C(=O)[C@H](N)CC1CCCCC1. The van der Waals surface area contributed by atoms with Gasteiger partial charge in [0.25, 0.3) is 0 Å². The maximum atomic E-state index is 15.2. The summed E-state index contributed by atoms with van der Waals surface area (Å²) in [5.74, 6) is -2.35. The molecule has 0 spiro atoms. The van der Waals surface area contributed by atoms with Gasteiger partial charge in [-0.15, -0.1) is 0 Å². The van der Waals surface area contributed by atoms with E-state index < -0.39 is 59.2 Å². The summed E-state index contributed by atoms with van der Waals surface area (Å²) >= 11 is 0. The van der Waals surface area contributed by atoms with Crippen molar-refractivity contribution in [3.8, 4) is 0 Å². The van der Waals surface area contributed by atoms with Gasteiger partial charge in [-0.05, 0) is 82.4 Å². The molecule has 15 heteroatoms. The number of rotatable bonds is 23. The molecule has 3 amide bonds. The van der Waals surface area contributed by atoms with Gasteiger partial charge in [-0.25, -0.2) is 4.99 Å². The van der Waals surface area contributed by atoms with Crippen LogP contribution >= 0.6 is 0 Å². The van der Waals surface area contributed by atoms with Crippen molar-refractivity contribution in [1.29, 1.82) is 0 Å². The minimum atomic E-state index is -2.17. The van der Waals surface area contributed by atoms with Gasteiger partial charge in [0.05, 0.1) is 24.2 Å². The Morgan fingerprint density at radius 2 is 1.43 bits per heavy atom. The van der Waals surface area contributed by atoms with E-state index >= 15 is 4.79 Å². The van der Waals surface area contributed by atoms with Crippen LogP contribution in [0.25, 0.3) is 0 Å². The fraction of sp³-hybridized carbons (Fsp3) is 0.721. The number of nitrogens with two attached hydrogens (primary N) is 5. The highest BCUT2D eigenvalue weighted by atomic mass is 16.2. The molecule has 1 aromatic carbocycles. The van der Waals surface area contributed by atoms with Crippen molar-refractivity contribution in [3.05, 3.63) is 35.9 Å². The van der Waals surface area contributed by atoms with Crippen LogP contribution in [-0.2, 0) is 30.4 Å². The molecule has 0 radical (unpaired) electrons. The molecule has 15 nitrogen and oxygen atoms in total. The zero-order chi connectivity index (χ0) is 42.1. The first kappa shape index (κ1) is 46.8. The summed E-state index contributed by atoms with van der Waals surface area (Å²) in [5, 5.41) is 8.89. The number of amides is 3. The lowest BCUT2D eigenvalue weighted by Crippen LogP contribution is -2.62. The highest BCUT2D eigenvalue weighted by molar-refractivity contribution is 6.17. The third-order valence-corrected chi connectivity index (χ3v) is 12.6. The van der Waals surface area contributed by atoms with E-state index in [9.17, 15) is 19.2 Å². The van der Waals surface area contributed by atoms with Crippen molar-refractivity contribution < 1.29 is 24.0 Å². The number of likely N-dealkylation sites (N-methyl/N-ethyl adjacent to an activating group) is 1. The van der Waals surface area contributed by atoms with Crippen LogP contribution in [0, 0.1) is 11.8 Å². The summed E-state index contributed by atoms with van der Waals surface area (Å²) in [6, 6.07) is 5.13. The number of aliphatic imine (C=N–C) groups is 1. The first-order valence-corrected chi connectivity index (χ1v) is 21.9. The normalized spacial score (nSPS) is 20.9. The number of carbonyl (C=O) groups is 5. The zero-order valence-electron chi connectivity index (χ0n) is 34.8. The van der Waals surface area contributed by atoms with Crippen LogP contribution in [0.2, 0.25) is 0 Å². The minimum Gasteiger partial charge on any atom is -0.370 e. The fourth-order valence-corrected chi connectivity index (χ4v) is 9.31. The maximum absolute atomic E-state index is 15.2. The molecular weight excluding hydrogens is 737 g/mol. The van der Waals surface area contributed by atoms with Gasteiger partial charge in [-0.2, -0.15) is 0 Å². The summed E-state index contributed by atoms with van der Waals surface area (Å²) < 4.78 is 0. The van der Waals surface area contributed by atoms with Gasteiger partial charge in [0, 0.05) is 19.5 Å². The minimum absolute atomic E-state index is 0.118. The third kappa shape index (κ3) is 13.3. The van der Waals surface area contributed by atoms with Crippen LogP contribution in [0.15, 0.2) is 35.3 Å². The monoisotopic (exact) mass is 809 g/mol. The van der Waals surface area contributed by atoms with E-state index in [1.54, 1.807) is 7.05 Å². The Kier molecular flexibility index (Phi) is 19.0. The molecule has 4 rings (SSSR count). The summed E-state index contributed by atoms with van der Waals surface area (Å²) in [5.41, 5.74) is 29.7. The fourth-order valence-electron chi connectivity index (χ4n) is 9.31. The number of guanidine groups is 1. The second-order valence-corrected chi connectivity index (χ2v) is 16.9. The molecule has 2 saturated carbocycles. The lowest BCUT2D eigenvalue weighted by molar-refractivity contribution is -0.145. The average Bonchev–Trinajstić information content (AvgIpc) is 3.72. The van der Waals surface area contributed by atoms with Crippen LogP contribution in [0.5, 0.6) is 0 Å². The molecule has 2 aliphatic carbocycles. The number of likely N-dealkylation sites (tertiary alicyclic amines) is 1. The molecule has 1 aromatic rings. The van der Waals surface area contributed by atoms with Crippen molar-refractivity contribution in [3.63, 3.8) is 0 Å². The second-order valence-electron chi connectivity index (χ2n) is 16.9. The molecule has 1 saturated heterocycles. The van der Waals surface area contributed by atoms with Gasteiger partial charge in [-0.1, -0.05) is 94.5 Å². The predicted molar refractivity (Wildman–Crippen MR) is 227 cm³/mol. The number of ketones is 2. The number of Topliss-reactive ketones (excluding diaryl/α,β-unsaturated/α-hetero) is 2. The lowest BCUT2D eigenvalue weighted by Gasteiger charge is -2.36. The van der Waals surface area contributed by atoms with Gasteiger partial charge in [0.2, 0.25) is 17.7 Å². The van der Waals surface area contributed by atoms with Crippen molar-refractivity contribution in [2.75, 3.05) is 26.7 Å². The molecule has 1 aliphatic heterocycles. The standard InChI is InChI=1S/C43H72N10O5/c1-49-35(28-31-18-9-4-10-19-31)40(57)51-34(20-11-12-23-44)41(58)53-25-13-21-36(53)38(55)43(52-42(47)48,37(54)32(45)26-29-14-5-2-6-15-29)22-24-50-39(56)33(46)27-30-16-7-3-8-17-30/h4,9-10,18-19,29-30,32-36,49H,2-3,5-8,11-17,20-28,44-46H2,1H3,(H,50,56)(H,51,57)(H4,47,48,52)/t32-,33+,34+,35+,36+,43?/m1/s1. The number of nitrogens with one attached hydrogen (secondary N) is 3. The summed E-state index contributed by atoms with van der Waals surface area (Å²) in [6.45, 7) is 0.525. The van der Waals surface area contributed by atoms with Crippen LogP contribution in [-0.4, -0.2) is 103 Å². The molecule has 0 bridgehead atoms. The Balaban J connectivity index is 1.60. The van der Waals surface area contributed by atoms with Gasteiger partial charge in [-0.3, -0.25) is 24.0 Å². The van der Waals surface area contributed by atoms with E-state index in [1.165, 1.54) is 11.3 Å². The Morgan fingerprint density at radius 3 is 2.02 bits per heavy atom. The molecular formula is C43H72N10O5. The van der Waals surface area contributed by atoms with Crippen molar-refractivity contribution in [2.45, 2.75) is 158 Å². The average molecular weight is 809 g/mol. The van der Waals surface area contributed by atoms with Crippen molar-refractivity contribution in [2.24, 2.45) is 45.5 Å². The number of carbonyl (C=O) groups excluding carboxylic acids is 5. The van der Waals surface area contributed by atoms with Gasteiger partial charge >= 0.3 is 0 Å². The molecule has 0 aromatic heterocycles. The van der Waals surface area contributed by atoms with Gasteiger partial charge in [0.15, 0.2) is 23.1 Å². The Hall–Kier alpha value is -3.92. The smallest absolute Gasteiger partial charge is 0.245 e. The lowest BCUT2D eigenvalue weighted by atomic mass is 9.76. The van der Waals surface area contributed by atoms with Crippen molar-refractivity contribution in [1.82, 2.24) is 20.9 Å². The van der Waals surface area contributed by atoms with E-state index in [2.05, 4.69) is 20.9 Å². The highest BCUT2D eigenvalue weighted by Gasteiger charge is 2.53. The first-order chi connectivity index (χ1) is 27.9. The van der Waals surface area contributed by atoms with Crippen LogP contribution < -0.4 is 44.6 Å². The number of unbranched alkanes of at least 4 members (excludes halogenated alkanes) is 1. The van der Waals surface area contributed by atoms with E-state index in [4.69, 9.17) is 28.7 Å². The van der Waals surface area contributed by atoms with Gasteiger partial charge in [0.1, 0.15) is 6.04 Å². The van der Waals surface area contributed by atoms with Crippen LogP contribution in [0.4, 0.5) is 0 Å². The van der Waals surface area contributed by atoms with Crippen molar-refractivity contribution >= 4 is 35.2 Å². The Labute approximate surface area is 345 Å². The summed E-state index contributed by atoms with van der Waals surface area (Å²) in [7, 11) is 1.69. The second kappa shape index (κ2) is 23.6. The molecule has 13 N–H and O–H groups in total. The van der Waals surface area contributed by atoms with E-state index in [-0.39, 0.29) is 43.7 Å². The largest absolute Gasteiger partial charge is 0.370 e. The molecule has 324 valence electrons. The quantitative estimate of drug-likeness (QED) is 0.0341. The van der Waals surface area contributed by atoms with Gasteiger partial charge < -0.3 is 49.5 Å². The molecule has 58 heavy (non-hydrogen) atoms. The van der Waals surface area contributed by atoms with E-state index in [1.807, 2.05) is 30.3 Å². The molecule has 1 heterocycles. The molecule has 6 atom stereocenters. The first-order valence-electron chi connectivity index (χ1n) is 21.9. The number of benzene rings is 1. The number of hydrogen-bond acceptors (Lipinski definition) is 10. The Morgan fingerprint density at radius 1 is 0.810 bits per heavy atom. The Bertz CT molecular complexity index is 1510. The predicted octanol–water partition coefficient (Wildman–Crippen LogP) is 1.67. The topological polar surface area (TPSA) is 267 Å². The maximum Gasteiger partial charge on any atom is 0.245 e. The third-order valence-electron chi connectivity index (χ3n) is 12.6. The molecule has 3 aliphatic rings. The number of nitrogens with zero attached hydrogens (tertiary/aromatic N) is 2. The van der Waals surface area contributed by atoms with E-state index in [0.717, 1.165) is 63.4 Å². The highest BCUT2D eigenvalue weighted by Crippen LogP contribution is 2.33. The van der Waals surface area contributed by atoms with Crippen LogP contribution in [0.3, 0.4) is 0 Å². The number of hydrogen-bond donors (Lipinski definition) is 8. The molecule has 3 fully saturated rings. The zero-order valence-corrected chi connectivity index (χ0v) is 34.8. The van der Waals surface area contributed by atoms with E-state index in [0.29, 0.717) is 57.4 Å². The summed E-state index contributed by atoms with van der Waals surface area (Å²) in [6.07, 6.45) is 13.9. The van der Waals surface area contributed by atoms with Crippen LogP contribution in [0.1, 0.15) is 121 Å². The summed E-state index contributed by atoms with van der Waals surface area (Å²) in [4.78, 5) is 77.3.